The first-order valence-corrected chi connectivity index (χ1v) is 9.15. The second kappa shape index (κ2) is 6.57. The molecule has 1 aliphatic heterocycles. The van der Waals surface area contributed by atoms with Crippen LogP contribution in [0.1, 0.15) is 38.0 Å². The van der Waals surface area contributed by atoms with Gasteiger partial charge in [-0.2, -0.15) is 0 Å². The summed E-state index contributed by atoms with van der Waals surface area (Å²) in [6.07, 6.45) is -0.181. The van der Waals surface area contributed by atoms with Gasteiger partial charge in [0.1, 0.15) is 16.4 Å². The Hall–Kier alpha value is -1.47. The number of nitrogens with one attached hydrogen (secondary N) is 2. The lowest BCUT2D eigenvalue weighted by atomic mass is 10.1. The fraction of sp³-hybridized carbons (Fsp3) is 0.562. The summed E-state index contributed by atoms with van der Waals surface area (Å²) in [6, 6.07) is 5.89. The number of halogens is 1. The third kappa shape index (κ3) is 3.40. The quantitative estimate of drug-likeness (QED) is 0.821. The molecule has 0 saturated carbocycles. The van der Waals surface area contributed by atoms with Gasteiger partial charge in [0.15, 0.2) is 9.84 Å². The first-order valence-electron chi connectivity index (χ1n) is 7.60. The summed E-state index contributed by atoms with van der Waals surface area (Å²) in [5.41, 5.74) is 0.129. The number of benzene rings is 1. The first-order chi connectivity index (χ1) is 10.7. The van der Waals surface area contributed by atoms with Gasteiger partial charge < -0.3 is 10.1 Å². The van der Waals surface area contributed by atoms with Gasteiger partial charge in [0.05, 0.1) is 18.0 Å². The highest BCUT2D eigenvalue weighted by Gasteiger charge is 2.46. The fourth-order valence-corrected chi connectivity index (χ4v) is 4.79. The normalized spacial score (nSPS) is 27.9. The topological polar surface area (TPSA) is 79.2 Å². The second-order valence-electron chi connectivity index (χ2n) is 6.28. The van der Waals surface area contributed by atoms with Gasteiger partial charge in [-0.25, -0.2) is 12.8 Å². The lowest BCUT2D eigenvalue weighted by Crippen LogP contribution is -2.51. The maximum atomic E-state index is 14.2. The van der Waals surface area contributed by atoms with Crippen molar-refractivity contribution in [2.24, 2.45) is 0 Å². The van der Waals surface area contributed by atoms with Crippen LogP contribution in [0.5, 0.6) is 0 Å². The van der Waals surface area contributed by atoms with Gasteiger partial charge in [0.25, 0.3) is 0 Å². The van der Waals surface area contributed by atoms with E-state index in [1.807, 2.05) is 0 Å². The minimum Gasteiger partial charge on any atom is -0.377 e. The number of ether oxygens (including phenoxy) is 1. The van der Waals surface area contributed by atoms with Crippen molar-refractivity contribution in [3.63, 3.8) is 0 Å². The maximum Gasteiger partial charge on any atom is 0.169 e. The Bertz CT molecular complexity index is 688. The summed E-state index contributed by atoms with van der Waals surface area (Å²) in [4.78, 5) is 0. The van der Waals surface area contributed by atoms with Gasteiger partial charge in [-0.3, -0.25) is 5.41 Å². The molecule has 1 heterocycles. The van der Waals surface area contributed by atoms with Crippen LogP contribution in [0.25, 0.3) is 0 Å². The first kappa shape index (κ1) is 17.9. The van der Waals surface area contributed by atoms with E-state index in [2.05, 4.69) is 5.32 Å². The molecule has 1 aromatic carbocycles. The largest absolute Gasteiger partial charge is 0.377 e. The van der Waals surface area contributed by atoms with E-state index in [9.17, 15) is 12.8 Å². The Labute approximate surface area is 136 Å². The van der Waals surface area contributed by atoms with Crippen LogP contribution >= 0.6 is 0 Å². The molecule has 0 unspecified atom stereocenters. The van der Waals surface area contributed by atoms with Gasteiger partial charge in [-0.05, 0) is 33.3 Å². The molecule has 23 heavy (non-hydrogen) atoms. The Morgan fingerprint density at radius 1 is 1.35 bits per heavy atom. The minimum absolute atomic E-state index is 0.100. The summed E-state index contributed by atoms with van der Waals surface area (Å²) in [7, 11) is -3.87. The molecule has 1 saturated heterocycles. The third-order valence-corrected chi connectivity index (χ3v) is 7.11. The van der Waals surface area contributed by atoms with Crippen LogP contribution in [0.2, 0.25) is 0 Å². The highest BCUT2D eigenvalue weighted by Crippen LogP contribution is 2.37. The van der Waals surface area contributed by atoms with E-state index in [-0.39, 0.29) is 23.9 Å². The van der Waals surface area contributed by atoms with Gasteiger partial charge in [0.2, 0.25) is 0 Å². The van der Waals surface area contributed by atoms with E-state index < -0.39 is 25.7 Å². The lowest BCUT2D eigenvalue weighted by molar-refractivity contribution is 0.0625. The molecule has 0 radical (unpaired) electrons. The van der Waals surface area contributed by atoms with Crippen LogP contribution in [0.3, 0.4) is 0 Å². The molecule has 1 fully saturated rings. The summed E-state index contributed by atoms with van der Waals surface area (Å²) in [5, 5.41) is 9.80. The molecule has 2 N–H and O–H groups in total. The Kier molecular flexibility index (Phi) is 5.10. The summed E-state index contributed by atoms with van der Waals surface area (Å²) >= 11 is 0. The second-order valence-corrected chi connectivity index (χ2v) is 8.96. The predicted molar refractivity (Wildman–Crippen MR) is 87.9 cm³/mol. The Morgan fingerprint density at radius 2 is 2.00 bits per heavy atom. The molecule has 1 aromatic rings. The molecule has 0 aliphatic carbocycles. The zero-order valence-electron chi connectivity index (χ0n) is 13.6. The predicted octanol–water partition coefficient (Wildman–Crippen LogP) is 2.44. The smallest absolute Gasteiger partial charge is 0.169 e. The molecule has 1 aliphatic rings. The van der Waals surface area contributed by atoms with Crippen molar-refractivity contribution in [3.05, 3.63) is 35.6 Å². The van der Waals surface area contributed by atoms with E-state index in [4.69, 9.17) is 10.1 Å². The van der Waals surface area contributed by atoms with Crippen molar-refractivity contribution in [2.45, 2.75) is 43.3 Å². The highest BCUT2D eigenvalue weighted by molar-refractivity contribution is 7.93. The molecule has 2 atom stereocenters. The van der Waals surface area contributed by atoms with Crippen molar-refractivity contribution in [1.82, 2.24) is 5.32 Å². The van der Waals surface area contributed by atoms with Crippen LogP contribution in [-0.2, 0) is 14.6 Å². The molecule has 7 heteroatoms. The summed E-state index contributed by atoms with van der Waals surface area (Å²) in [6.45, 7) is 5.48. The molecular formula is C16H23FN2O3S. The van der Waals surface area contributed by atoms with E-state index in [0.29, 0.717) is 13.2 Å². The van der Waals surface area contributed by atoms with Crippen LogP contribution in [0, 0.1) is 11.2 Å². The monoisotopic (exact) mass is 342 g/mol. The standard InChI is InChI=1S/C16H23FN2O3S/c1-11-10-14(12-6-4-5-7-13(12)17)23(20,21)16(2,3)15(18)19-8-9-22-11/h4-7,11,14H,8-10H2,1-3H3,(H2,18,19)/t11-,14+/m0/s1. The van der Waals surface area contributed by atoms with Crippen molar-refractivity contribution < 1.29 is 17.5 Å². The Morgan fingerprint density at radius 3 is 2.65 bits per heavy atom. The zero-order valence-corrected chi connectivity index (χ0v) is 14.4. The molecule has 128 valence electrons. The SMILES string of the molecule is C[C@H]1C[C@H](c2ccccc2F)S(=O)(=O)C(C)(C)C(=N)NCCO1. The van der Waals surface area contributed by atoms with Crippen molar-refractivity contribution in [2.75, 3.05) is 13.2 Å². The van der Waals surface area contributed by atoms with Crippen LogP contribution in [0.15, 0.2) is 24.3 Å². The number of sulfone groups is 1. The fourth-order valence-electron chi connectivity index (χ4n) is 2.67. The van der Waals surface area contributed by atoms with E-state index in [1.54, 1.807) is 13.0 Å². The lowest BCUT2D eigenvalue weighted by Gasteiger charge is -2.34. The van der Waals surface area contributed by atoms with Crippen molar-refractivity contribution in [3.8, 4) is 0 Å². The van der Waals surface area contributed by atoms with Gasteiger partial charge in [-0.1, -0.05) is 18.2 Å². The molecule has 2 rings (SSSR count). The van der Waals surface area contributed by atoms with E-state index in [0.717, 1.165) is 0 Å². The molecular weight excluding hydrogens is 319 g/mol. The van der Waals surface area contributed by atoms with Crippen LogP contribution in [0.4, 0.5) is 4.39 Å². The highest BCUT2D eigenvalue weighted by atomic mass is 32.2. The number of rotatable bonds is 1. The number of hydrogen-bond donors (Lipinski definition) is 2. The van der Waals surface area contributed by atoms with Crippen molar-refractivity contribution >= 4 is 15.7 Å². The average molecular weight is 342 g/mol. The number of hydrogen-bond acceptors (Lipinski definition) is 4. The average Bonchev–Trinajstić information content (AvgIpc) is 2.48. The number of amidine groups is 1. The molecule has 0 aromatic heterocycles. The minimum atomic E-state index is -3.87. The molecule has 5 nitrogen and oxygen atoms in total. The molecule has 0 amide bonds. The van der Waals surface area contributed by atoms with Crippen LogP contribution in [-0.4, -0.2) is 38.3 Å². The van der Waals surface area contributed by atoms with Crippen molar-refractivity contribution in [1.29, 1.82) is 5.41 Å². The summed E-state index contributed by atoms with van der Waals surface area (Å²) < 4.78 is 44.7. The molecule has 0 bridgehead atoms. The van der Waals surface area contributed by atoms with E-state index in [1.165, 1.54) is 32.0 Å². The molecule has 0 spiro atoms. The van der Waals surface area contributed by atoms with Gasteiger partial charge in [-0.15, -0.1) is 0 Å². The van der Waals surface area contributed by atoms with Gasteiger partial charge in [0, 0.05) is 12.1 Å². The zero-order chi connectivity index (χ0) is 17.3. The third-order valence-electron chi connectivity index (χ3n) is 4.29. The van der Waals surface area contributed by atoms with Gasteiger partial charge >= 0.3 is 0 Å². The Balaban J connectivity index is 2.57. The maximum absolute atomic E-state index is 14.2. The summed E-state index contributed by atoms with van der Waals surface area (Å²) in [5.74, 6) is -0.655. The van der Waals surface area contributed by atoms with E-state index >= 15 is 0 Å². The van der Waals surface area contributed by atoms with Crippen LogP contribution < -0.4 is 5.32 Å².